The average Bonchev–Trinajstić information content (AvgIpc) is 3.18. The van der Waals surface area contributed by atoms with E-state index in [1.807, 2.05) is 32.5 Å². The fourth-order valence-corrected chi connectivity index (χ4v) is 3.44. The van der Waals surface area contributed by atoms with Crippen molar-refractivity contribution in [3.63, 3.8) is 0 Å². The number of hydrogen-bond donors (Lipinski definition) is 1. The fourth-order valence-electron chi connectivity index (χ4n) is 2.81. The predicted octanol–water partition coefficient (Wildman–Crippen LogP) is 2.73. The van der Waals surface area contributed by atoms with Crippen LogP contribution in [0.4, 0.5) is 0 Å². The Balaban J connectivity index is 1.66. The summed E-state index contributed by atoms with van der Waals surface area (Å²) in [6, 6.07) is 5.36. The number of aromatic nitrogens is 1. The third-order valence-corrected chi connectivity index (χ3v) is 4.59. The molecule has 0 atom stereocenters. The SMILES string of the molecule is O=C(O)c1cccn1C1CCN(C(=O)c2ccsc2)CC1. The van der Waals surface area contributed by atoms with E-state index in [4.69, 9.17) is 5.11 Å². The zero-order chi connectivity index (χ0) is 14.8. The second kappa shape index (κ2) is 5.73. The molecular weight excluding hydrogens is 288 g/mol. The van der Waals surface area contributed by atoms with E-state index in [9.17, 15) is 9.59 Å². The van der Waals surface area contributed by atoms with Gasteiger partial charge in [0, 0.05) is 30.7 Å². The molecule has 0 aromatic carbocycles. The molecule has 3 heterocycles. The first-order valence-electron chi connectivity index (χ1n) is 6.88. The number of hydrogen-bond acceptors (Lipinski definition) is 3. The van der Waals surface area contributed by atoms with Crippen LogP contribution < -0.4 is 0 Å². The third kappa shape index (κ3) is 2.71. The van der Waals surface area contributed by atoms with Gasteiger partial charge in [-0.25, -0.2) is 4.79 Å². The Morgan fingerprint density at radius 3 is 2.62 bits per heavy atom. The van der Waals surface area contributed by atoms with Crippen molar-refractivity contribution in [3.05, 3.63) is 46.4 Å². The van der Waals surface area contributed by atoms with Gasteiger partial charge >= 0.3 is 5.97 Å². The van der Waals surface area contributed by atoms with E-state index in [0.29, 0.717) is 18.8 Å². The summed E-state index contributed by atoms with van der Waals surface area (Å²) in [5.74, 6) is -0.836. The first kappa shape index (κ1) is 13.9. The predicted molar refractivity (Wildman–Crippen MR) is 79.9 cm³/mol. The molecule has 1 aliphatic rings. The van der Waals surface area contributed by atoms with Crippen LogP contribution in [0.5, 0.6) is 0 Å². The third-order valence-electron chi connectivity index (χ3n) is 3.91. The molecule has 5 nitrogen and oxygen atoms in total. The number of carboxylic acid groups (broad SMARTS) is 1. The smallest absolute Gasteiger partial charge is 0.352 e. The molecule has 1 fully saturated rings. The summed E-state index contributed by atoms with van der Waals surface area (Å²) in [4.78, 5) is 25.3. The Morgan fingerprint density at radius 2 is 2.00 bits per heavy atom. The summed E-state index contributed by atoms with van der Waals surface area (Å²) in [6.45, 7) is 1.33. The largest absolute Gasteiger partial charge is 0.477 e. The summed E-state index contributed by atoms with van der Waals surface area (Å²) in [7, 11) is 0. The van der Waals surface area contributed by atoms with Crippen molar-refractivity contribution in [2.45, 2.75) is 18.9 Å². The molecule has 21 heavy (non-hydrogen) atoms. The van der Waals surface area contributed by atoms with E-state index in [0.717, 1.165) is 18.4 Å². The van der Waals surface area contributed by atoms with E-state index in [-0.39, 0.29) is 11.9 Å². The van der Waals surface area contributed by atoms with Gasteiger partial charge in [-0.2, -0.15) is 11.3 Å². The van der Waals surface area contributed by atoms with Gasteiger partial charge in [0.1, 0.15) is 5.69 Å². The van der Waals surface area contributed by atoms with Crippen molar-refractivity contribution in [2.24, 2.45) is 0 Å². The number of carboxylic acids is 1. The minimum Gasteiger partial charge on any atom is -0.477 e. The van der Waals surface area contributed by atoms with Crippen molar-refractivity contribution >= 4 is 23.2 Å². The number of carbonyl (C=O) groups excluding carboxylic acids is 1. The molecule has 110 valence electrons. The molecule has 1 saturated heterocycles. The number of rotatable bonds is 3. The molecule has 0 aliphatic carbocycles. The maximum Gasteiger partial charge on any atom is 0.352 e. The molecule has 2 aromatic rings. The summed E-state index contributed by atoms with van der Waals surface area (Å²) >= 11 is 1.52. The van der Waals surface area contributed by atoms with Crippen molar-refractivity contribution in [2.75, 3.05) is 13.1 Å². The van der Waals surface area contributed by atoms with Crippen LogP contribution >= 0.6 is 11.3 Å². The van der Waals surface area contributed by atoms with Crippen molar-refractivity contribution in [3.8, 4) is 0 Å². The molecule has 6 heteroatoms. The van der Waals surface area contributed by atoms with E-state index in [2.05, 4.69) is 0 Å². The van der Waals surface area contributed by atoms with Crippen LogP contribution in [0.25, 0.3) is 0 Å². The van der Waals surface area contributed by atoms with Crippen LogP contribution in [0.2, 0.25) is 0 Å². The molecule has 0 spiro atoms. The second-order valence-corrected chi connectivity index (χ2v) is 5.92. The number of piperidine rings is 1. The summed E-state index contributed by atoms with van der Waals surface area (Å²) in [5, 5.41) is 12.9. The van der Waals surface area contributed by atoms with Crippen LogP contribution in [0.3, 0.4) is 0 Å². The Morgan fingerprint density at radius 1 is 1.24 bits per heavy atom. The zero-order valence-corrected chi connectivity index (χ0v) is 12.3. The van der Waals surface area contributed by atoms with Gasteiger partial charge in [-0.15, -0.1) is 0 Å². The second-order valence-electron chi connectivity index (χ2n) is 5.14. The van der Waals surface area contributed by atoms with Gasteiger partial charge in [0.05, 0.1) is 5.56 Å². The Labute approximate surface area is 126 Å². The Kier molecular flexibility index (Phi) is 3.79. The number of nitrogens with zero attached hydrogens (tertiary/aromatic N) is 2. The summed E-state index contributed by atoms with van der Waals surface area (Å²) in [6.07, 6.45) is 3.38. The lowest BCUT2D eigenvalue weighted by atomic mass is 10.0. The molecular formula is C15H16N2O3S. The van der Waals surface area contributed by atoms with Gasteiger partial charge in [0.25, 0.3) is 5.91 Å². The molecule has 1 aliphatic heterocycles. The highest BCUT2D eigenvalue weighted by Gasteiger charge is 2.26. The topological polar surface area (TPSA) is 62.5 Å². The van der Waals surface area contributed by atoms with E-state index >= 15 is 0 Å². The molecule has 3 rings (SSSR count). The lowest BCUT2D eigenvalue weighted by Gasteiger charge is -2.33. The number of amides is 1. The monoisotopic (exact) mass is 304 g/mol. The highest BCUT2D eigenvalue weighted by atomic mass is 32.1. The molecule has 2 aromatic heterocycles. The summed E-state index contributed by atoms with van der Waals surface area (Å²) in [5.41, 5.74) is 1.06. The zero-order valence-electron chi connectivity index (χ0n) is 11.4. The minimum absolute atomic E-state index is 0.0701. The Hall–Kier alpha value is -2.08. The number of likely N-dealkylation sites (tertiary alicyclic amines) is 1. The average molecular weight is 304 g/mol. The normalized spacial score (nSPS) is 16.1. The quantitative estimate of drug-likeness (QED) is 0.948. The molecule has 0 radical (unpaired) electrons. The maximum atomic E-state index is 12.3. The lowest BCUT2D eigenvalue weighted by Crippen LogP contribution is -2.39. The van der Waals surface area contributed by atoms with Crippen molar-refractivity contribution in [1.82, 2.24) is 9.47 Å². The van der Waals surface area contributed by atoms with Gasteiger partial charge in [0.15, 0.2) is 0 Å². The van der Waals surface area contributed by atoms with Crippen molar-refractivity contribution < 1.29 is 14.7 Å². The molecule has 0 unspecified atom stereocenters. The van der Waals surface area contributed by atoms with E-state index < -0.39 is 5.97 Å². The fraction of sp³-hybridized carbons (Fsp3) is 0.333. The van der Waals surface area contributed by atoms with Crippen LogP contribution in [-0.4, -0.2) is 39.5 Å². The molecule has 0 saturated carbocycles. The van der Waals surface area contributed by atoms with E-state index in [1.54, 1.807) is 12.1 Å². The lowest BCUT2D eigenvalue weighted by molar-refractivity contribution is 0.0650. The van der Waals surface area contributed by atoms with Gasteiger partial charge < -0.3 is 14.6 Å². The van der Waals surface area contributed by atoms with Gasteiger partial charge in [-0.3, -0.25) is 4.79 Å². The van der Waals surface area contributed by atoms with Crippen LogP contribution in [0.15, 0.2) is 35.2 Å². The Bertz CT molecular complexity index is 640. The van der Waals surface area contributed by atoms with Gasteiger partial charge in [-0.05, 0) is 36.4 Å². The van der Waals surface area contributed by atoms with Crippen LogP contribution in [-0.2, 0) is 0 Å². The molecule has 1 amide bonds. The first-order valence-corrected chi connectivity index (χ1v) is 7.82. The highest BCUT2D eigenvalue weighted by molar-refractivity contribution is 7.08. The van der Waals surface area contributed by atoms with Gasteiger partial charge in [0.2, 0.25) is 0 Å². The van der Waals surface area contributed by atoms with Crippen molar-refractivity contribution in [1.29, 1.82) is 0 Å². The van der Waals surface area contributed by atoms with Crippen LogP contribution in [0, 0.1) is 0 Å². The first-order chi connectivity index (χ1) is 10.2. The minimum atomic E-state index is -0.906. The van der Waals surface area contributed by atoms with Gasteiger partial charge in [-0.1, -0.05) is 0 Å². The maximum absolute atomic E-state index is 12.3. The number of thiophene rings is 1. The van der Waals surface area contributed by atoms with E-state index in [1.165, 1.54) is 11.3 Å². The summed E-state index contributed by atoms with van der Waals surface area (Å²) < 4.78 is 1.81. The molecule has 0 bridgehead atoms. The molecule has 1 N–H and O–H groups in total. The number of aromatic carboxylic acids is 1. The highest BCUT2D eigenvalue weighted by Crippen LogP contribution is 2.25. The standard InChI is InChI=1S/C15H16N2O3S/c18-14(11-5-9-21-10-11)16-7-3-12(4-8-16)17-6-1-2-13(17)15(19)20/h1-2,5-6,9-10,12H,3-4,7-8H2,(H,19,20). The number of carbonyl (C=O) groups is 2. The van der Waals surface area contributed by atoms with Crippen LogP contribution in [0.1, 0.15) is 39.7 Å².